The van der Waals surface area contributed by atoms with Gasteiger partial charge < -0.3 is 5.73 Å². The van der Waals surface area contributed by atoms with Crippen molar-refractivity contribution in [2.75, 3.05) is 0 Å². The van der Waals surface area contributed by atoms with Crippen molar-refractivity contribution in [1.82, 2.24) is 4.98 Å². The van der Waals surface area contributed by atoms with Crippen LogP contribution in [0.15, 0.2) is 11.1 Å². The van der Waals surface area contributed by atoms with Crippen LogP contribution in [-0.2, 0) is 12.8 Å². The fourth-order valence-corrected chi connectivity index (χ4v) is 4.70. The predicted octanol–water partition coefficient (Wildman–Crippen LogP) is 3.87. The first kappa shape index (κ1) is 15.8. The Balaban J connectivity index is 1.88. The second-order valence-electron chi connectivity index (χ2n) is 7.84. The Morgan fingerprint density at radius 3 is 2.82 bits per heavy atom. The molecule has 0 saturated heterocycles. The van der Waals surface area contributed by atoms with Crippen LogP contribution in [0.1, 0.15) is 57.0 Å². The highest BCUT2D eigenvalue weighted by atomic mass is 32.2. The van der Waals surface area contributed by atoms with Crippen molar-refractivity contribution in [1.29, 1.82) is 5.26 Å². The molecule has 4 heteroatoms. The van der Waals surface area contributed by atoms with Gasteiger partial charge in [-0.3, -0.25) is 0 Å². The van der Waals surface area contributed by atoms with Crippen LogP contribution >= 0.6 is 11.8 Å². The second-order valence-corrected chi connectivity index (χ2v) is 8.97. The molecule has 2 heterocycles. The Labute approximate surface area is 137 Å². The van der Waals surface area contributed by atoms with E-state index in [2.05, 4.69) is 39.8 Å². The van der Waals surface area contributed by atoms with E-state index in [0.717, 1.165) is 23.4 Å². The number of hydrogen-bond acceptors (Lipinski definition) is 4. The van der Waals surface area contributed by atoms with Gasteiger partial charge in [-0.2, -0.15) is 5.26 Å². The molecule has 0 fully saturated rings. The van der Waals surface area contributed by atoms with E-state index in [9.17, 15) is 5.26 Å². The summed E-state index contributed by atoms with van der Waals surface area (Å²) in [5.74, 6) is 1.40. The number of aromatic nitrogens is 1. The van der Waals surface area contributed by atoms with Gasteiger partial charge in [0.15, 0.2) is 0 Å². The quantitative estimate of drug-likeness (QED) is 0.854. The zero-order valence-electron chi connectivity index (χ0n) is 13.9. The maximum Gasteiger partial charge on any atom is 0.117 e. The van der Waals surface area contributed by atoms with Gasteiger partial charge in [-0.25, -0.2) is 4.98 Å². The summed E-state index contributed by atoms with van der Waals surface area (Å²) in [6.07, 6.45) is 3.37. The first-order valence-corrected chi connectivity index (χ1v) is 9.03. The summed E-state index contributed by atoms with van der Waals surface area (Å²) < 4.78 is 0. The van der Waals surface area contributed by atoms with Gasteiger partial charge >= 0.3 is 0 Å². The number of nitrogens with zero attached hydrogens (tertiary/aromatic N) is 2. The van der Waals surface area contributed by atoms with E-state index >= 15 is 0 Å². The molecule has 0 spiro atoms. The first-order valence-electron chi connectivity index (χ1n) is 8.15. The van der Waals surface area contributed by atoms with Crippen molar-refractivity contribution in [3.63, 3.8) is 0 Å². The molecule has 0 aromatic carbocycles. The van der Waals surface area contributed by atoms with E-state index in [-0.39, 0.29) is 11.3 Å². The zero-order valence-corrected chi connectivity index (χ0v) is 14.7. The summed E-state index contributed by atoms with van der Waals surface area (Å²) in [7, 11) is 0. The zero-order chi connectivity index (χ0) is 16.1. The smallest absolute Gasteiger partial charge is 0.117 e. The molecule has 2 aliphatic rings. The molecular weight excluding hydrogens is 290 g/mol. The number of aryl methyl sites for hydroxylation is 1. The van der Waals surface area contributed by atoms with Gasteiger partial charge in [0.1, 0.15) is 10.3 Å². The number of pyridine rings is 1. The average molecular weight is 315 g/mol. The molecule has 4 unspecified atom stereocenters. The van der Waals surface area contributed by atoms with Crippen molar-refractivity contribution in [2.45, 2.75) is 63.3 Å². The van der Waals surface area contributed by atoms with E-state index in [1.165, 1.54) is 29.4 Å². The Hall–Kier alpha value is -1.05. The molecule has 1 aromatic heterocycles. The van der Waals surface area contributed by atoms with Gasteiger partial charge in [-0.1, -0.05) is 39.5 Å². The molecule has 0 radical (unpaired) electrons. The number of hydrogen-bond donors (Lipinski definition) is 1. The molecule has 2 N–H and O–H groups in total. The molecule has 4 atom stereocenters. The van der Waals surface area contributed by atoms with Gasteiger partial charge in [0, 0.05) is 11.3 Å². The molecule has 0 amide bonds. The van der Waals surface area contributed by atoms with Crippen LogP contribution < -0.4 is 5.73 Å². The first-order chi connectivity index (χ1) is 10.3. The minimum Gasteiger partial charge on any atom is -0.322 e. The molecule has 3 nitrogen and oxygen atoms in total. The summed E-state index contributed by atoms with van der Waals surface area (Å²) in [5, 5.41) is 10.0. The fraction of sp³-hybridized carbons (Fsp3) is 0.667. The largest absolute Gasteiger partial charge is 0.322 e. The molecule has 1 aliphatic heterocycles. The number of nitrogens with two attached hydrogens (primary N) is 1. The van der Waals surface area contributed by atoms with Crippen molar-refractivity contribution in [3.8, 4) is 6.07 Å². The average Bonchev–Trinajstić information content (AvgIpc) is 2.78. The van der Waals surface area contributed by atoms with Crippen LogP contribution in [0.2, 0.25) is 0 Å². The molecule has 22 heavy (non-hydrogen) atoms. The normalized spacial score (nSPS) is 28.6. The van der Waals surface area contributed by atoms with Gasteiger partial charge in [0.25, 0.3) is 0 Å². The minimum absolute atomic E-state index is 0.185. The van der Waals surface area contributed by atoms with Gasteiger partial charge in [-0.15, -0.1) is 0 Å². The molecule has 0 saturated carbocycles. The fourth-order valence-electron chi connectivity index (χ4n) is 3.62. The summed E-state index contributed by atoms with van der Waals surface area (Å²) >= 11 is 1.53. The Morgan fingerprint density at radius 2 is 2.18 bits per heavy atom. The Morgan fingerprint density at radius 1 is 1.45 bits per heavy atom. The molecule has 1 aromatic rings. The van der Waals surface area contributed by atoms with Crippen molar-refractivity contribution >= 4 is 11.8 Å². The van der Waals surface area contributed by atoms with Crippen LogP contribution in [0, 0.1) is 28.6 Å². The highest BCUT2D eigenvalue weighted by Gasteiger charge is 2.36. The van der Waals surface area contributed by atoms with E-state index in [1.54, 1.807) is 0 Å². The molecule has 0 bridgehead atoms. The van der Waals surface area contributed by atoms with E-state index in [0.29, 0.717) is 17.3 Å². The van der Waals surface area contributed by atoms with Crippen LogP contribution in [0.3, 0.4) is 0 Å². The van der Waals surface area contributed by atoms with E-state index < -0.39 is 0 Å². The summed E-state index contributed by atoms with van der Waals surface area (Å²) in [4.78, 5) is 4.83. The van der Waals surface area contributed by atoms with E-state index in [1.807, 2.05) is 0 Å². The highest BCUT2D eigenvalue weighted by molar-refractivity contribution is 8.00. The summed E-state index contributed by atoms with van der Waals surface area (Å²) in [5.41, 5.74) is 10.2. The van der Waals surface area contributed by atoms with Crippen molar-refractivity contribution in [3.05, 3.63) is 22.9 Å². The van der Waals surface area contributed by atoms with E-state index in [4.69, 9.17) is 10.7 Å². The lowest BCUT2D eigenvalue weighted by molar-refractivity contribution is 0.162. The molecule has 3 rings (SSSR count). The third-order valence-corrected chi connectivity index (χ3v) is 6.74. The number of fused-ring (bicyclic) bond motifs is 2. The van der Waals surface area contributed by atoms with Crippen molar-refractivity contribution < 1.29 is 0 Å². The topological polar surface area (TPSA) is 62.7 Å². The van der Waals surface area contributed by atoms with Crippen molar-refractivity contribution in [2.24, 2.45) is 23.0 Å². The van der Waals surface area contributed by atoms with Crippen LogP contribution in [0.5, 0.6) is 0 Å². The lowest BCUT2D eigenvalue weighted by Gasteiger charge is -2.37. The van der Waals surface area contributed by atoms with Gasteiger partial charge in [0.2, 0.25) is 0 Å². The predicted molar refractivity (Wildman–Crippen MR) is 90.6 cm³/mol. The number of nitriles is 1. The second kappa shape index (κ2) is 5.54. The molecule has 118 valence electrons. The van der Waals surface area contributed by atoms with Crippen LogP contribution in [-0.4, -0.2) is 10.2 Å². The Kier molecular flexibility index (Phi) is 3.99. The Bertz CT molecular complexity index is 626. The third-order valence-electron chi connectivity index (χ3n) is 5.54. The van der Waals surface area contributed by atoms with Gasteiger partial charge in [-0.05, 0) is 48.1 Å². The standard InChI is InChI=1S/C18H25N3S/c1-10(18(2,3)4)11-5-6-14-12(7-11)8-13-16(20)15(9-19)22-17(13)21-14/h8,10-11,15-16H,5-7,20H2,1-4H3. The highest BCUT2D eigenvalue weighted by Crippen LogP contribution is 2.44. The number of rotatable bonds is 1. The minimum atomic E-state index is -0.191. The van der Waals surface area contributed by atoms with Crippen LogP contribution in [0.4, 0.5) is 0 Å². The lowest BCUT2D eigenvalue weighted by Crippen LogP contribution is -2.30. The molecule has 1 aliphatic carbocycles. The monoisotopic (exact) mass is 315 g/mol. The maximum atomic E-state index is 9.20. The number of thioether (sulfide) groups is 1. The maximum absolute atomic E-state index is 9.20. The lowest BCUT2D eigenvalue weighted by atomic mass is 9.69. The third kappa shape index (κ3) is 2.66. The molecular formula is C18H25N3S. The van der Waals surface area contributed by atoms with Gasteiger partial charge in [0.05, 0.1) is 12.1 Å². The summed E-state index contributed by atoms with van der Waals surface area (Å²) in [6, 6.07) is 4.35. The van der Waals surface area contributed by atoms with Crippen LogP contribution in [0.25, 0.3) is 0 Å². The summed E-state index contributed by atoms with van der Waals surface area (Å²) in [6.45, 7) is 9.37. The SMILES string of the molecule is CC(C1CCc2nc3c(cc2C1)C(N)C(C#N)S3)C(C)(C)C.